The summed E-state index contributed by atoms with van der Waals surface area (Å²) >= 11 is 0. The molecule has 2 heteroatoms. The Bertz CT molecular complexity index is 714. The molecule has 0 radical (unpaired) electrons. The molecule has 0 spiro atoms. The summed E-state index contributed by atoms with van der Waals surface area (Å²) in [6, 6.07) is 0. The van der Waals surface area contributed by atoms with Gasteiger partial charge in [0.25, 0.3) is 0 Å². The molecular weight excluding hydrogens is 296 g/mol. The first-order chi connectivity index (χ1) is 10.8. The van der Waals surface area contributed by atoms with Gasteiger partial charge in [-0.2, -0.15) is 0 Å². The van der Waals surface area contributed by atoms with E-state index in [2.05, 4.69) is 73.6 Å². The second-order valence-electron chi connectivity index (χ2n) is 10.0. The van der Waals surface area contributed by atoms with Crippen molar-refractivity contribution in [3.05, 3.63) is 34.9 Å². The number of allylic oxidation sites excluding steroid dienone is 6. The summed E-state index contributed by atoms with van der Waals surface area (Å²) in [6.07, 6.45) is 6.57. The molecule has 0 heterocycles. The van der Waals surface area contributed by atoms with Gasteiger partial charge in [-0.15, -0.1) is 0 Å². The van der Waals surface area contributed by atoms with Crippen LogP contribution in [0.15, 0.2) is 34.9 Å². The summed E-state index contributed by atoms with van der Waals surface area (Å²) in [4.78, 5) is 26.4. The quantitative estimate of drug-likeness (QED) is 0.468. The Morgan fingerprint density at radius 3 is 2.08 bits per heavy atom. The third kappa shape index (κ3) is 1.95. The molecule has 130 valence electrons. The molecule has 0 aromatic carbocycles. The molecular formula is C22H30O2. The zero-order valence-corrected chi connectivity index (χ0v) is 16.3. The molecule has 2 bridgehead atoms. The van der Waals surface area contributed by atoms with Crippen molar-refractivity contribution in [2.75, 3.05) is 0 Å². The van der Waals surface area contributed by atoms with Crippen LogP contribution in [0.25, 0.3) is 0 Å². The standard InChI is InChI=1S/C22H30O2/c1-12(2)13-9-10-14-16(13)17-15(20(3,4)5)11-22(14,21(6,7)8)19(24)18(17)23/h9-11,14,16-17H,1-8H3/t14-,16+,17+,22+/m1/s1. The zero-order valence-electron chi connectivity index (χ0n) is 16.3. The lowest BCUT2D eigenvalue weighted by atomic mass is 9.42. The number of carbonyl (C=O) groups excluding carboxylic acids is 2. The number of hydrogen-bond donors (Lipinski definition) is 0. The van der Waals surface area contributed by atoms with E-state index in [-0.39, 0.29) is 40.2 Å². The van der Waals surface area contributed by atoms with Crippen molar-refractivity contribution in [3.8, 4) is 0 Å². The first-order valence-electron chi connectivity index (χ1n) is 9.01. The highest BCUT2D eigenvalue weighted by molar-refractivity contribution is 6.43. The van der Waals surface area contributed by atoms with Crippen LogP contribution in [0.3, 0.4) is 0 Å². The van der Waals surface area contributed by atoms with Gasteiger partial charge in [0, 0.05) is 11.8 Å². The minimum Gasteiger partial charge on any atom is -0.290 e. The topological polar surface area (TPSA) is 34.1 Å². The van der Waals surface area contributed by atoms with E-state index in [1.54, 1.807) is 0 Å². The molecule has 1 fully saturated rings. The summed E-state index contributed by atoms with van der Waals surface area (Å²) in [5, 5.41) is 0. The molecule has 4 aliphatic rings. The van der Waals surface area contributed by atoms with E-state index in [4.69, 9.17) is 0 Å². The largest absolute Gasteiger partial charge is 0.290 e. The molecule has 4 atom stereocenters. The van der Waals surface area contributed by atoms with Crippen molar-refractivity contribution in [3.63, 3.8) is 0 Å². The molecule has 0 unspecified atom stereocenters. The van der Waals surface area contributed by atoms with E-state index < -0.39 is 5.41 Å². The van der Waals surface area contributed by atoms with Crippen LogP contribution in [-0.2, 0) is 9.59 Å². The monoisotopic (exact) mass is 326 g/mol. The van der Waals surface area contributed by atoms with Gasteiger partial charge in [-0.05, 0) is 30.3 Å². The molecule has 1 saturated carbocycles. The van der Waals surface area contributed by atoms with Gasteiger partial charge >= 0.3 is 0 Å². The summed E-state index contributed by atoms with van der Waals surface area (Å²) in [6.45, 7) is 17.0. The highest BCUT2D eigenvalue weighted by atomic mass is 16.2. The molecule has 0 amide bonds. The van der Waals surface area contributed by atoms with Crippen molar-refractivity contribution in [2.24, 2.45) is 34.0 Å². The number of carbonyl (C=O) groups is 2. The van der Waals surface area contributed by atoms with E-state index in [0.29, 0.717) is 0 Å². The normalized spacial score (nSPS) is 35.4. The Morgan fingerprint density at radius 2 is 1.62 bits per heavy atom. The Kier molecular flexibility index (Phi) is 3.48. The van der Waals surface area contributed by atoms with Crippen LogP contribution in [0.1, 0.15) is 55.4 Å². The van der Waals surface area contributed by atoms with Crippen molar-refractivity contribution < 1.29 is 9.59 Å². The highest BCUT2D eigenvalue weighted by Crippen LogP contribution is 2.65. The summed E-state index contributed by atoms with van der Waals surface area (Å²) in [5.74, 6) is -0.399. The molecule has 2 nitrogen and oxygen atoms in total. The van der Waals surface area contributed by atoms with Crippen molar-refractivity contribution in [1.29, 1.82) is 0 Å². The lowest BCUT2D eigenvalue weighted by Gasteiger charge is -2.58. The lowest BCUT2D eigenvalue weighted by molar-refractivity contribution is -0.157. The first kappa shape index (κ1) is 17.4. The number of fused-ring (bicyclic) bond motifs is 1. The minimum atomic E-state index is -0.722. The average molecular weight is 326 g/mol. The fourth-order valence-electron chi connectivity index (χ4n) is 5.18. The fourth-order valence-corrected chi connectivity index (χ4v) is 5.18. The summed E-state index contributed by atoms with van der Waals surface area (Å²) in [5.41, 5.74) is 2.54. The second-order valence-corrected chi connectivity index (χ2v) is 10.0. The number of hydrogen-bond acceptors (Lipinski definition) is 2. The van der Waals surface area contributed by atoms with Gasteiger partial charge in [0.1, 0.15) is 0 Å². The maximum atomic E-state index is 13.2. The van der Waals surface area contributed by atoms with Gasteiger partial charge in [0.2, 0.25) is 11.6 Å². The van der Waals surface area contributed by atoms with Crippen molar-refractivity contribution in [2.45, 2.75) is 55.4 Å². The summed E-state index contributed by atoms with van der Waals surface area (Å²) < 4.78 is 0. The van der Waals surface area contributed by atoms with Crippen molar-refractivity contribution >= 4 is 11.6 Å². The third-order valence-corrected chi connectivity index (χ3v) is 6.40. The molecule has 0 aliphatic heterocycles. The maximum absolute atomic E-state index is 13.2. The summed E-state index contributed by atoms with van der Waals surface area (Å²) in [7, 11) is 0. The Hall–Kier alpha value is -1.44. The molecule has 0 N–H and O–H groups in total. The lowest BCUT2D eigenvalue weighted by Crippen LogP contribution is -2.63. The van der Waals surface area contributed by atoms with E-state index >= 15 is 0 Å². The molecule has 0 saturated heterocycles. The van der Waals surface area contributed by atoms with E-state index in [9.17, 15) is 9.59 Å². The van der Waals surface area contributed by atoms with Crippen LogP contribution in [0.5, 0.6) is 0 Å². The number of ketones is 2. The number of rotatable bonds is 0. The number of Topliss-reactive ketones (excluding diaryl/α,β-unsaturated/α-hetero) is 2. The molecule has 4 rings (SSSR count). The van der Waals surface area contributed by atoms with Gasteiger partial charge in [-0.3, -0.25) is 9.59 Å². The first-order valence-corrected chi connectivity index (χ1v) is 9.01. The van der Waals surface area contributed by atoms with Crippen LogP contribution >= 0.6 is 0 Å². The Morgan fingerprint density at radius 1 is 1.04 bits per heavy atom. The Balaban J connectivity index is 2.37. The SMILES string of the molecule is CC(C)=C1C=C[C@@H]2[C@H]1[C@H]1C(=O)C(=O)[C@]2(C(C)(C)C)C=C1C(C)(C)C. The predicted octanol–water partition coefficient (Wildman–Crippen LogP) is 4.91. The average Bonchev–Trinajstić information content (AvgIpc) is 2.86. The van der Waals surface area contributed by atoms with Crippen molar-refractivity contribution in [1.82, 2.24) is 0 Å². The zero-order chi connectivity index (χ0) is 18.2. The van der Waals surface area contributed by atoms with Crippen LogP contribution in [0.4, 0.5) is 0 Å². The van der Waals surface area contributed by atoms with Gasteiger partial charge < -0.3 is 0 Å². The second kappa shape index (κ2) is 4.80. The van der Waals surface area contributed by atoms with Crippen LogP contribution in [0.2, 0.25) is 0 Å². The minimum absolute atomic E-state index is 0.101. The van der Waals surface area contributed by atoms with E-state index in [0.717, 1.165) is 5.57 Å². The molecule has 0 aromatic rings. The predicted molar refractivity (Wildman–Crippen MR) is 97.4 cm³/mol. The van der Waals surface area contributed by atoms with Crippen LogP contribution < -0.4 is 0 Å². The van der Waals surface area contributed by atoms with Gasteiger partial charge in [0.05, 0.1) is 11.3 Å². The van der Waals surface area contributed by atoms with Gasteiger partial charge in [-0.25, -0.2) is 0 Å². The maximum Gasteiger partial charge on any atom is 0.210 e. The molecule has 0 aromatic heterocycles. The fraction of sp³-hybridized carbons (Fsp3) is 0.636. The Labute approximate surface area is 146 Å². The smallest absolute Gasteiger partial charge is 0.210 e. The highest BCUT2D eigenvalue weighted by Gasteiger charge is 2.67. The van der Waals surface area contributed by atoms with Gasteiger partial charge in [-0.1, -0.05) is 70.9 Å². The third-order valence-electron chi connectivity index (χ3n) is 6.40. The van der Waals surface area contributed by atoms with Crippen LogP contribution in [-0.4, -0.2) is 11.6 Å². The molecule has 24 heavy (non-hydrogen) atoms. The van der Waals surface area contributed by atoms with E-state index in [1.165, 1.54) is 11.1 Å². The van der Waals surface area contributed by atoms with E-state index in [1.807, 2.05) is 0 Å². The molecule has 4 aliphatic carbocycles. The van der Waals surface area contributed by atoms with Gasteiger partial charge in [0.15, 0.2) is 0 Å². The van der Waals surface area contributed by atoms with Crippen LogP contribution in [0, 0.1) is 34.0 Å².